The van der Waals surface area contributed by atoms with Gasteiger partial charge in [-0.15, -0.1) is 0 Å². The van der Waals surface area contributed by atoms with E-state index in [2.05, 4.69) is 36.3 Å². The first-order valence-electron chi connectivity index (χ1n) is 11.5. The van der Waals surface area contributed by atoms with Crippen molar-refractivity contribution in [1.82, 2.24) is 15.2 Å². The summed E-state index contributed by atoms with van der Waals surface area (Å²) in [6.07, 6.45) is 8.06. The van der Waals surface area contributed by atoms with Crippen LogP contribution in [0.3, 0.4) is 0 Å². The lowest BCUT2D eigenvalue weighted by atomic mass is 9.78. The fourth-order valence-electron chi connectivity index (χ4n) is 4.72. The summed E-state index contributed by atoms with van der Waals surface area (Å²) in [5.74, 6) is 0.875. The number of aromatic nitrogens is 1. The Bertz CT molecular complexity index is 923. The van der Waals surface area contributed by atoms with Crippen LogP contribution in [0.1, 0.15) is 45.1 Å². The second-order valence-electron chi connectivity index (χ2n) is 9.59. The predicted octanol–water partition coefficient (Wildman–Crippen LogP) is 4.08. The summed E-state index contributed by atoms with van der Waals surface area (Å²) in [5, 5.41) is 3.17. The number of pyridine rings is 1. The Morgan fingerprint density at radius 2 is 1.90 bits per heavy atom. The van der Waals surface area contributed by atoms with E-state index in [9.17, 15) is 9.59 Å². The zero-order valence-electron chi connectivity index (χ0n) is 18.6. The summed E-state index contributed by atoms with van der Waals surface area (Å²) in [7, 11) is 0. The number of hydrogen-bond acceptors (Lipinski definition) is 3. The molecule has 31 heavy (non-hydrogen) atoms. The van der Waals surface area contributed by atoms with E-state index in [1.54, 1.807) is 12.4 Å². The summed E-state index contributed by atoms with van der Waals surface area (Å²) >= 11 is 0. The van der Waals surface area contributed by atoms with E-state index in [1.165, 1.54) is 0 Å². The number of nitrogens with zero attached hydrogens (tertiary/aromatic N) is 2. The van der Waals surface area contributed by atoms with Crippen LogP contribution in [0.5, 0.6) is 0 Å². The molecular formula is C26H33N3O2. The van der Waals surface area contributed by atoms with Crippen molar-refractivity contribution < 1.29 is 9.59 Å². The van der Waals surface area contributed by atoms with Gasteiger partial charge in [0.25, 0.3) is 0 Å². The first-order valence-corrected chi connectivity index (χ1v) is 11.5. The number of benzene rings is 1. The minimum absolute atomic E-state index is 0.0784. The molecule has 1 aromatic heterocycles. The number of likely N-dealkylation sites (tertiary alicyclic amines) is 1. The summed E-state index contributed by atoms with van der Waals surface area (Å²) < 4.78 is 0. The SMILES string of the molecule is CC(C)CNC(=O)[C@]1(Cc2ccccc2-c2ccncc2)CCN(C(=O)C2CCC2)C1. The second kappa shape index (κ2) is 9.21. The Hall–Kier alpha value is -2.69. The highest BCUT2D eigenvalue weighted by molar-refractivity contribution is 5.87. The van der Waals surface area contributed by atoms with Crippen LogP contribution in [0, 0.1) is 17.3 Å². The number of amides is 2. The van der Waals surface area contributed by atoms with Crippen LogP contribution in [0.15, 0.2) is 48.8 Å². The lowest BCUT2D eigenvalue weighted by Gasteiger charge is -2.32. The normalized spacial score (nSPS) is 21.2. The zero-order valence-corrected chi connectivity index (χ0v) is 18.6. The maximum absolute atomic E-state index is 13.5. The first-order chi connectivity index (χ1) is 15.0. The molecule has 0 radical (unpaired) electrons. The van der Waals surface area contributed by atoms with E-state index in [-0.39, 0.29) is 17.7 Å². The van der Waals surface area contributed by atoms with Gasteiger partial charge in [0.1, 0.15) is 0 Å². The van der Waals surface area contributed by atoms with Crippen molar-refractivity contribution in [3.63, 3.8) is 0 Å². The molecular weight excluding hydrogens is 386 g/mol. The molecule has 1 saturated carbocycles. The van der Waals surface area contributed by atoms with Gasteiger partial charge in [-0.2, -0.15) is 0 Å². The van der Waals surface area contributed by atoms with Crippen molar-refractivity contribution in [1.29, 1.82) is 0 Å². The highest BCUT2D eigenvalue weighted by Crippen LogP contribution is 2.39. The number of nitrogens with one attached hydrogen (secondary N) is 1. The molecule has 5 heteroatoms. The fraction of sp³-hybridized carbons (Fsp3) is 0.500. The number of carbonyl (C=O) groups excluding carboxylic acids is 2. The molecule has 2 aliphatic rings. The Kier molecular flexibility index (Phi) is 6.40. The molecule has 5 nitrogen and oxygen atoms in total. The van der Waals surface area contributed by atoms with Crippen LogP contribution in [0.4, 0.5) is 0 Å². The minimum Gasteiger partial charge on any atom is -0.355 e. The monoisotopic (exact) mass is 419 g/mol. The van der Waals surface area contributed by atoms with Crippen molar-refractivity contribution in [3.8, 4) is 11.1 Å². The van der Waals surface area contributed by atoms with Crippen molar-refractivity contribution in [2.75, 3.05) is 19.6 Å². The van der Waals surface area contributed by atoms with Gasteiger partial charge in [0.05, 0.1) is 5.41 Å². The standard InChI is InChI=1S/C26H33N3O2/c1-19(2)17-28-25(31)26(12-15-29(18-26)24(30)21-7-5-8-21)16-22-6-3-4-9-23(22)20-10-13-27-14-11-20/h3-4,6,9-11,13-14,19,21H,5,7-8,12,15-18H2,1-2H3,(H,28,31)/t26-/m0/s1. The Morgan fingerprint density at radius 1 is 1.16 bits per heavy atom. The topological polar surface area (TPSA) is 62.3 Å². The molecule has 2 aromatic rings. The molecule has 0 unspecified atom stereocenters. The lowest BCUT2D eigenvalue weighted by Crippen LogP contribution is -2.47. The van der Waals surface area contributed by atoms with Gasteiger partial charge in [-0.3, -0.25) is 14.6 Å². The highest BCUT2D eigenvalue weighted by atomic mass is 16.2. The van der Waals surface area contributed by atoms with Crippen LogP contribution in [0.2, 0.25) is 0 Å². The van der Waals surface area contributed by atoms with Crippen molar-refractivity contribution in [2.24, 2.45) is 17.3 Å². The van der Waals surface area contributed by atoms with Crippen LogP contribution >= 0.6 is 0 Å². The van der Waals surface area contributed by atoms with Crippen LogP contribution in [-0.4, -0.2) is 41.3 Å². The molecule has 1 aliphatic heterocycles. The van der Waals surface area contributed by atoms with Gasteiger partial charge in [0.15, 0.2) is 0 Å². The maximum atomic E-state index is 13.5. The summed E-state index contributed by atoms with van der Waals surface area (Å²) in [6, 6.07) is 12.3. The number of rotatable bonds is 7. The number of hydrogen-bond donors (Lipinski definition) is 1. The molecule has 2 fully saturated rings. The van der Waals surface area contributed by atoms with Crippen LogP contribution in [0.25, 0.3) is 11.1 Å². The van der Waals surface area contributed by atoms with Crippen LogP contribution in [-0.2, 0) is 16.0 Å². The molecule has 4 rings (SSSR count). The second-order valence-corrected chi connectivity index (χ2v) is 9.59. The highest BCUT2D eigenvalue weighted by Gasteiger charge is 2.47. The third-order valence-corrected chi connectivity index (χ3v) is 6.81. The molecule has 0 bridgehead atoms. The molecule has 1 N–H and O–H groups in total. The smallest absolute Gasteiger partial charge is 0.228 e. The van der Waals surface area contributed by atoms with Crippen molar-refractivity contribution in [2.45, 2.75) is 46.0 Å². The largest absolute Gasteiger partial charge is 0.355 e. The Labute approximate surface area is 185 Å². The summed E-state index contributed by atoms with van der Waals surface area (Å²) in [4.78, 5) is 32.5. The molecule has 0 spiro atoms. The van der Waals surface area contributed by atoms with E-state index in [0.29, 0.717) is 38.4 Å². The summed E-state index contributed by atoms with van der Waals surface area (Å²) in [6.45, 7) is 6.04. The van der Waals surface area contributed by atoms with E-state index in [1.807, 2.05) is 29.2 Å². The molecule has 1 atom stereocenters. The first kappa shape index (κ1) is 21.5. The average Bonchev–Trinajstić information content (AvgIpc) is 3.17. The lowest BCUT2D eigenvalue weighted by molar-refractivity contribution is -0.138. The molecule has 2 amide bonds. The molecule has 1 aromatic carbocycles. The zero-order chi connectivity index (χ0) is 21.8. The van der Waals surface area contributed by atoms with Gasteiger partial charge in [-0.1, -0.05) is 44.5 Å². The van der Waals surface area contributed by atoms with Crippen molar-refractivity contribution >= 4 is 11.8 Å². The molecule has 164 valence electrons. The Morgan fingerprint density at radius 3 is 2.58 bits per heavy atom. The predicted molar refractivity (Wildman–Crippen MR) is 122 cm³/mol. The van der Waals surface area contributed by atoms with Crippen LogP contribution < -0.4 is 5.32 Å². The Balaban J connectivity index is 1.62. The van der Waals surface area contributed by atoms with Gasteiger partial charge in [0.2, 0.25) is 11.8 Å². The third kappa shape index (κ3) is 4.65. The van der Waals surface area contributed by atoms with Gasteiger partial charge in [-0.05, 0) is 60.4 Å². The van der Waals surface area contributed by atoms with Gasteiger partial charge in [0, 0.05) is 37.9 Å². The molecule has 2 heterocycles. The van der Waals surface area contributed by atoms with Gasteiger partial charge >= 0.3 is 0 Å². The van der Waals surface area contributed by atoms with Crippen molar-refractivity contribution in [3.05, 3.63) is 54.4 Å². The molecule has 1 aliphatic carbocycles. The quantitative estimate of drug-likeness (QED) is 0.735. The van der Waals surface area contributed by atoms with E-state index < -0.39 is 5.41 Å². The number of carbonyl (C=O) groups is 2. The maximum Gasteiger partial charge on any atom is 0.228 e. The van der Waals surface area contributed by atoms with Gasteiger partial charge in [-0.25, -0.2) is 0 Å². The van der Waals surface area contributed by atoms with Gasteiger partial charge < -0.3 is 10.2 Å². The van der Waals surface area contributed by atoms with E-state index >= 15 is 0 Å². The average molecular weight is 420 g/mol. The molecule has 1 saturated heterocycles. The van der Waals surface area contributed by atoms with E-state index in [4.69, 9.17) is 0 Å². The minimum atomic E-state index is -0.586. The third-order valence-electron chi connectivity index (χ3n) is 6.81. The fourth-order valence-corrected chi connectivity index (χ4v) is 4.72. The summed E-state index contributed by atoms with van der Waals surface area (Å²) in [5.41, 5.74) is 2.79. The van der Waals surface area contributed by atoms with E-state index in [0.717, 1.165) is 36.0 Å².